The van der Waals surface area contributed by atoms with E-state index >= 15 is 0 Å². The zero-order valence-electron chi connectivity index (χ0n) is 14.5. The lowest BCUT2D eigenvalue weighted by molar-refractivity contribution is -0.385. The summed E-state index contributed by atoms with van der Waals surface area (Å²) in [5.41, 5.74) is 2.54. The van der Waals surface area contributed by atoms with Crippen molar-refractivity contribution in [2.75, 3.05) is 7.05 Å². The van der Waals surface area contributed by atoms with Gasteiger partial charge in [0.1, 0.15) is 0 Å². The van der Waals surface area contributed by atoms with Crippen molar-refractivity contribution in [3.63, 3.8) is 0 Å². The van der Waals surface area contributed by atoms with Gasteiger partial charge in [0.15, 0.2) is 0 Å². The van der Waals surface area contributed by atoms with Gasteiger partial charge in [-0.25, -0.2) is 4.68 Å². The second kappa shape index (κ2) is 7.18. The predicted octanol–water partition coefficient (Wildman–Crippen LogP) is 3.36. The maximum absolute atomic E-state index is 12.8. The van der Waals surface area contributed by atoms with Gasteiger partial charge in [-0.2, -0.15) is 5.10 Å². The lowest BCUT2D eigenvalue weighted by Gasteiger charge is -2.17. The van der Waals surface area contributed by atoms with Gasteiger partial charge in [0.2, 0.25) is 0 Å². The maximum atomic E-state index is 12.8. The number of benzene rings is 2. The molecule has 2 aromatic carbocycles. The molecule has 7 nitrogen and oxygen atoms in total. The van der Waals surface area contributed by atoms with Crippen LogP contribution < -0.4 is 0 Å². The van der Waals surface area contributed by atoms with Gasteiger partial charge >= 0.3 is 0 Å². The third-order valence-electron chi connectivity index (χ3n) is 4.18. The van der Waals surface area contributed by atoms with E-state index in [9.17, 15) is 14.9 Å². The standard InChI is InChI=1S/C19H18N4O3/c1-14-17(12-20-22(14)16-9-4-3-5-10-16)19(24)21(2)13-15-8-6-7-11-18(15)23(25)26/h3-12H,13H2,1-2H3. The van der Waals surface area contributed by atoms with E-state index in [1.54, 1.807) is 29.9 Å². The first-order chi connectivity index (χ1) is 12.5. The Bertz CT molecular complexity index is 950. The quantitative estimate of drug-likeness (QED) is 0.522. The normalized spacial score (nSPS) is 10.5. The Morgan fingerprint density at radius 3 is 2.50 bits per heavy atom. The van der Waals surface area contributed by atoms with E-state index in [0.717, 1.165) is 11.4 Å². The molecule has 0 spiro atoms. The van der Waals surface area contributed by atoms with Crippen molar-refractivity contribution in [2.24, 2.45) is 0 Å². The van der Waals surface area contributed by atoms with Gasteiger partial charge < -0.3 is 4.90 Å². The van der Waals surface area contributed by atoms with Crippen LogP contribution in [0.15, 0.2) is 60.8 Å². The van der Waals surface area contributed by atoms with E-state index in [2.05, 4.69) is 5.10 Å². The molecule has 0 N–H and O–H groups in total. The molecule has 0 aliphatic heterocycles. The maximum Gasteiger partial charge on any atom is 0.274 e. The summed E-state index contributed by atoms with van der Waals surface area (Å²) in [5.74, 6) is -0.233. The van der Waals surface area contributed by atoms with Crippen LogP contribution in [0.4, 0.5) is 5.69 Å². The lowest BCUT2D eigenvalue weighted by atomic mass is 10.1. The molecule has 0 saturated carbocycles. The van der Waals surface area contributed by atoms with Gasteiger partial charge in [0.25, 0.3) is 11.6 Å². The molecule has 0 fully saturated rings. The summed E-state index contributed by atoms with van der Waals surface area (Å²) in [7, 11) is 1.62. The topological polar surface area (TPSA) is 81.3 Å². The first-order valence-electron chi connectivity index (χ1n) is 8.07. The van der Waals surface area contributed by atoms with E-state index in [1.807, 2.05) is 37.3 Å². The fourth-order valence-electron chi connectivity index (χ4n) is 2.80. The monoisotopic (exact) mass is 350 g/mol. The molecule has 1 aromatic heterocycles. The van der Waals surface area contributed by atoms with E-state index in [-0.39, 0.29) is 18.1 Å². The number of hydrogen-bond acceptors (Lipinski definition) is 4. The molecular weight excluding hydrogens is 332 g/mol. The second-order valence-corrected chi connectivity index (χ2v) is 5.94. The number of carbonyl (C=O) groups excluding carboxylic acids is 1. The highest BCUT2D eigenvalue weighted by Gasteiger charge is 2.21. The minimum atomic E-state index is -0.438. The van der Waals surface area contributed by atoms with Crippen LogP contribution in [0.2, 0.25) is 0 Å². The largest absolute Gasteiger partial charge is 0.337 e. The fraction of sp³-hybridized carbons (Fsp3) is 0.158. The Balaban J connectivity index is 1.84. The highest BCUT2D eigenvalue weighted by molar-refractivity contribution is 5.95. The first-order valence-corrected chi connectivity index (χ1v) is 8.07. The number of hydrogen-bond donors (Lipinski definition) is 0. The van der Waals surface area contributed by atoms with Crippen molar-refractivity contribution in [3.05, 3.63) is 87.7 Å². The van der Waals surface area contributed by atoms with Crippen molar-refractivity contribution in [1.29, 1.82) is 0 Å². The molecule has 1 amide bonds. The molecule has 1 heterocycles. The van der Waals surface area contributed by atoms with Gasteiger partial charge in [0, 0.05) is 18.7 Å². The number of rotatable bonds is 5. The van der Waals surface area contributed by atoms with Crippen LogP contribution in [-0.2, 0) is 6.54 Å². The van der Waals surface area contributed by atoms with Crippen LogP contribution in [0.25, 0.3) is 5.69 Å². The number of amides is 1. The average molecular weight is 350 g/mol. The number of aromatic nitrogens is 2. The Morgan fingerprint density at radius 1 is 1.15 bits per heavy atom. The van der Waals surface area contributed by atoms with Crippen molar-refractivity contribution in [2.45, 2.75) is 13.5 Å². The summed E-state index contributed by atoms with van der Waals surface area (Å²) in [6.45, 7) is 1.97. The van der Waals surface area contributed by atoms with Gasteiger partial charge in [-0.05, 0) is 19.1 Å². The van der Waals surface area contributed by atoms with Crippen molar-refractivity contribution < 1.29 is 9.72 Å². The predicted molar refractivity (Wildman–Crippen MR) is 97.2 cm³/mol. The molecular formula is C19H18N4O3. The number of nitro groups is 1. The molecule has 0 saturated heterocycles. The van der Waals surface area contributed by atoms with Gasteiger partial charge in [-0.3, -0.25) is 14.9 Å². The molecule has 7 heteroatoms. The van der Waals surface area contributed by atoms with Crippen LogP contribution in [-0.4, -0.2) is 32.6 Å². The zero-order valence-corrected chi connectivity index (χ0v) is 14.5. The highest BCUT2D eigenvalue weighted by Crippen LogP contribution is 2.21. The number of para-hydroxylation sites is 2. The first kappa shape index (κ1) is 17.3. The number of nitro benzene ring substituents is 1. The molecule has 3 aromatic rings. The minimum absolute atomic E-state index is 0.00357. The molecule has 26 heavy (non-hydrogen) atoms. The van der Waals surface area contributed by atoms with Gasteiger partial charge in [0.05, 0.1) is 34.6 Å². The van der Waals surface area contributed by atoms with Crippen LogP contribution in [0, 0.1) is 17.0 Å². The minimum Gasteiger partial charge on any atom is -0.337 e. The smallest absolute Gasteiger partial charge is 0.274 e. The van der Waals surface area contributed by atoms with Gasteiger partial charge in [-0.1, -0.05) is 36.4 Å². The Kier molecular flexibility index (Phi) is 4.79. The lowest BCUT2D eigenvalue weighted by Crippen LogP contribution is -2.27. The number of nitrogens with zero attached hydrogens (tertiary/aromatic N) is 4. The average Bonchev–Trinajstić information content (AvgIpc) is 3.03. The molecule has 0 aliphatic carbocycles. The SMILES string of the molecule is Cc1c(C(=O)N(C)Cc2ccccc2[N+](=O)[O-])cnn1-c1ccccc1. The third-order valence-corrected chi connectivity index (χ3v) is 4.18. The van der Waals surface area contributed by atoms with Crippen LogP contribution in [0.3, 0.4) is 0 Å². The summed E-state index contributed by atoms with van der Waals surface area (Å²) >= 11 is 0. The van der Waals surface area contributed by atoms with Crippen LogP contribution in [0.5, 0.6) is 0 Å². The fourth-order valence-corrected chi connectivity index (χ4v) is 2.80. The van der Waals surface area contributed by atoms with Gasteiger partial charge in [-0.15, -0.1) is 0 Å². The molecule has 0 unspecified atom stereocenters. The van der Waals surface area contributed by atoms with E-state index in [1.165, 1.54) is 17.2 Å². The third kappa shape index (κ3) is 3.32. The molecule has 0 atom stereocenters. The molecule has 0 radical (unpaired) electrons. The summed E-state index contributed by atoms with van der Waals surface area (Å²) in [4.78, 5) is 25.0. The Morgan fingerprint density at radius 2 is 1.81 bits per heavy atom. The van der Waals surface area contributed by atoms with Crippen LogP contribution >= 0.6 is 0 Å². The van der Waals surface area contributed by atoms with Crippen molar-refractivity contribution in [3.8, 4) is 5.69 Å². The second-order valence-electron chi connectivity index (χ2n) is 5.94. The van der Waals surface area contributed by atoms with Crippen molar-refractivity contribution in [1.82, 2.24) is 14.7 Å². The van der Waals surface area contributed by atoms with E-state index < -0.39 is 4.92 Å². The summed E-state index contributed by atoms with van der Waals surface area (Å²) in [6, 6.07) is 16.0. The number of carbonyl (C=O) groups is 1. The van der Waals surface area contributed by atoms with Crippen LogP contribution in [0.1, 0.15) is 21.6 Å². The zero-order chi connectivity index (χ0) is 18.7. The Hall–Kier alpha value is -3.48. The summed E-state index contributed by atoms with van der Waals surface area (Å²) in [6.07, 6.45) is 1.53. The Labute approximate surface area is 150 Å². The molecule has 0 bridgehead atoms. The molecule has 132 valence electrons. The molecule has 0 aliphatic rings. The van der Waals surface area contributed by atoms with E-state index in [4.69, 9.17) is 0 Å². The summed E-state index contributed by atoms with van der Waals surface area (Å²) in [5, 5.41) is 15.4. The van der Waals surface area contributed by atoms with Crippen molar-refractivity contribution >= 4 is 11.6 Å². The molecule has 3 rings (SSSR count). The van der Waals surface area contributed by atoms with E-state index in [0.29, 0.717) is 11.1 Å². The summed E-state index contributed by atoms with van der Waals surface area (Å²) < 4.78 is 1.70. The highest BCUT2D eigenvalue weighted by atomic mass is 16.6.